The van der Waals surface area contributed by atoms with E-state index in [-0.39, 0.29) is 36.3 Å². The standard InChI is InChI=1S/C22H27NO6/c1-15(23-21(26)29-22(2,3)4)13-27-17-11-8-12-18(19(17)20(24)25)28-14-16-9-6-5-7-10-16/h5-12,15H,13-14H2,1-4H3,(H,23,26)(H,24,25)/t15-/m0/s1. The largest absolute Gasteiger partial charge is 0.490 e. The molecule has 0 radical (unpaired) electrons. The van der Waals surface area contributed by atoms with Crippen molar-refractivity contribution in [2.75, 3.05) is 6.61 Å². The van der Waals surface area contributed by atoms with Gasteiger partial charge in [-0.15, -0.1) is 0 Å². The topological polar surface area (TPSA) is 94.1 Å². The number of nitrogens with one attached hydrogen (secondary N) is 1. The second-order valence-corrected chi connectivity index (χ2v) is 7.57. The number of carbonyl (C=O) groups is 2. The zero-order valence-electron chi connectivity index (χ0n) is 17.1. The van der Waals surface area contributed by atoms with E-state index >= 15 is 0 Å². The molecule has 0 fully saturated rings. The smallest absolute Gasteiger partial charge is 0.407 e. The quantitative estimate of drug-likeness (QED) is 0.687. The van der Waals surface area contributed by atoms with Crippen LogP contribution in [0.4, 0.5) is 4.79 Å². The minimum Gasteiger partial charge on any atom is -0.490 e. The van der Waals surface area contributed by atoms with Gasteiger partial charge in [0.25, 0.3) is 0 Å². The van der Waals surface area contributed by atoms with E-state index in [1.807, 2.05) is 30.3 Å². The van der Waals surface area contributed by atoms with Gasteiger partial charge in [-0.3, -0.25) is 0 Å². The van der Waals surface area contributed by atoms with Gasteiger partial charge in [0.1, 0.15) is 35.9 Å². The Balaban J connectivity index is 2.02. The molecule has 2 N–H and O–H groups in total. The lowest BCUT2D eigenvalue weighted by atomic mass is 10.1. The van der Waals surface area contributed by atoms with Gasteiger partial charge in [-0.2, -0.15) is 0 Å². The van der Waals surface area contributed by atoms with Crippen LogP contribution >= 0.6 is 0 Å². The van der Waals surface area contributed by atoms with E-state index in [1.54, 1.807) is 45.9 Å². The molecule has 1 atom stereocenters. The molecular weight excluding hydrogens is 374 g/mol. The van der Waals surface area contributed by atoms with Crippen LogP contribution < -0.4 is 14.8 Å². The van der Waals surface area contributed by atoms with Crippen molar-refractivity contribution in [3.63, 3.8) is 0 Å². The molecule has 7 nitrogen and oxygen atoms in total. The maximum absolute atomic E-state index is 11.8. The zero-order valence-corrected chi connectivity index (χ0v) is 17.1. The molecule has 0 saturated heterocycles. The number of aromatic carboxylic acids is 1. The van der Waals surface area contributed by atoms with Crippen LogP contribution in [0.25, 0.3) is 0 Å². The van der Waals surface area contributed by atoms with E-state index in [9.17, 15) is 14.7 Å². The summed E-state index contributed by atoms with van der Waals surface area (Å²) in [5.41, 5.74) is 0.254. The number of carboxylic acids is 1. The fourth-order valence-corrected chi connectivity index (χ4v) is 2.46. The molecule has 0 unspecified atom stereocenters. The Morgan fingerprint density at radius 2 is 1.62 bits per heavy atom. The Hall–Kier alpha value is -3.22. The van der Waals surface area contributed by atoms with Crippen LogP contribution in [0.2, 0.25) is 0 Å². The minimum atomic E-state index is -1.16. The molecule has 2 aromatic carbocycles. The van der Waals surface area contributed by atoms with Gasteiger partial charge in [-0.05, 0) is 45.4 Å². The van der Waals surface area contributed by atoms with Gasteiger partial charge >= 0.3 is 12.1 Å². The Morgan fingerprint density at radius 3 is 2.21 bits per heavy atom. The molecule has 0 heterocycles. The first-order valence-corrected chi connectivity index (χ1v) is 9.31. The van der Waals surface area contributed by atoms with Crippen molar-refractivity contribution in [2.45, 2.75) is 45.9 Å². The number of rotatable bonds is 8. The first kappa shape index (κ1) is 22.1. The van der Waals surface area contributed by atoms with Gasteiger partial charge in [-0.1, -0.05) is 36.4 Å². The second kappa shape index (κ2) is 9.82. The van der Waals surface area contributed by atoms with Crippen LogP contribution in [0.1, 0.15) is 43.6 Å². The third kappa shape index (κ3) is 7.37. The van der Waals surface area contributed by atoms with Crippen molar-refractivity contribution < 1.29 is 28.9 Å². The number of hydrogen-bond donors (Lipinski definition) is 2. The lowest BCUT2D eigenvalue weighted by Gasteiger charge is -2.22. The molecule has 0 bridgehead atoms. The molecular formula is C22H27NO6. The average Bonchev–Trinajstić information content (AvgIpc) is 2.63. The summed E-state index contributed by atoms with van der Waals surface area (Å²) in [5.74, 6) is -0.774. The molecule has 29 heavy (non-hydrogen) atoms. The Kier molecular flexibility index (Phi) is 7.47. The summed E-state index contributed by atoms with van der Waals surface area (Å²) in [4.78, 5) is 23.6. The van der Waals surface area contributed by atoms with Crippen LogP contribution in [-0.4, -0.2) is 35.4 Å². The van der Waals surface area contributed by atoms with Crippen molar-refractivity contribution in [1.82, 2.24) is 5.32 Å². The summed E-state index contributed by atoms with van der Waals surface area (Å²) in [6.45, 7) is 7.36. The molecule has 0 aromatic heterocycles. The van der Waals surface area contributed by atoms with Gasteiger partial charge in [0, 0.05) is 0 Å². The van der Waals surface area contributed by atoms with Crippen molar-refractivity contribution >= 4 is 12.1 Å². The number of hydrogen-bond acceptors (Lipinski definition) is 5. The number of amides is 1. The van der Waals surface area contributed by atoms with Gasteiger partial charge in [0.2, 0.25) is 0 Å². The molecule has 0 saturated carbocycles. The first-order chi connectivity index (χ1) is 13.7. The monoisotopic (exact) mass is 401 g/mol. The zero-order chi connectivity index (χ0) is 21.4. The lowest BCUT2D eigenvalue weighted by Crippen LogP contribution is -2.40. The number of carboxylic acid groups (broad SMARTS) is 1. The van der Waals surface area contributed by atoms with Crippen LogP contribution in [0.5, 0.6) is 11.5 Å². The van der Waals surface area contributed by atoms with Crippen molar-refractivity contribution in [1.29, 1.82) is 0 Å². The van der Waals surface area contributed by atoms with Crippen LogP contribution in [-0.2, 0) is 11.3 Å². The van der Waals surface area contributed by atoms with E-state index < -0.39 is 17.7 Å². The predicted octanol–water partition coefficient (Wildman–Crippen LogP) is 4.26. The molecule has 1 amide bonds. The highest BCUT2D eigenvalue weighted by atomic mass is 16.6. The highest BCUT2D eigenvalue weighted by Crippen LogP contribution is 2.29. The number of carbonyl (C=O) groups excluding carboxylic acids is 1. The molecule has 2 rings (SSSR count). The van der Waals surface area contributed by atoms with Gasteiger partial charge in [0.15, 0.2) is 0 Å². The Bertz CT molecular complexity index is 829. The predicted molar refractivity (Wildman–Crippen MR) is 109 cm³/mol. The van der Waals surface area contributed by atoms with E-state index in [0.717, 1.165) is 5.56 Å². The number of benzene rings is 2. The summed E-state index contributed by atoms with van der Waals surface area (Å²) in [5, 5.41) is 12.3. The fourth-order valence-electron chi connectivity index (χ4n) is 2.46. The van der Waals surface area contributed by atoms with Crippen molar-refractivity contribution in [3.05, 3.63) is 59.7 Å². The third-order valence-corrected chi connectivity index (χ3v) is 3.69. The van der Waals surface area contributed by atoms with Crippen molar-refractivity contribution in [2.24, 2.45) is 0 Å². The maximum atomic E-state index is 11.8. The fraction of sp³-hybridized carbons (Fsp3) is 0.364. The summed E-state index contributed by atoms with van der Waals surface area (Å²) in [6.07, 6.45) is -0.563. The van der Waals surface area contributed by atoms with Crippen LogP contribution in [0.15, 0.2) is 48.5 Å². The molecule has 0 aliphatic carbocycles. The lowest BCUT2D eigenvalue weighted by molar-refractivity contribution is 0.0491. The number of ether oxygens (including phenoxy) is 3. The third-order valence-electron chi connectivity index (χ3n) is 3.69. The second-order valence-electron chi connectivity index (χ2n) is 7.57. The summed E-state index contributed by atoms with van der Waals surface area (Å²) in [6, 6.07) is 13.9. The van der Waals surface area contributed by atoms with Gasteiger partial charge in [0.05, 0.1) is 6.04 Å². The molecule has 2 aromatic rings. The summed E-state index contributed by atoms with van der Waals surface area (Å²) < 4.78 is 16.5. The van der Waals surface area contributed by atoms with Gasteiger partial charge in [-0.25, -0.2) is 9.59 Å². The van der Waals surface area contributed by atoms with E-state index in [4.69, 9.17) is 14.2 Å². The summed E-state index contributed by atoms with van der Waals surface area (Å²) >= 11 is 0. The van der Waals surface area contributed by atoms with Crippen molar-refractivity contribution in [3.8, 4) is 11.5 Å². The molecule has 7 heteroatoms. The summed E-state index contributed by atoms with van der Waals surface area (Å²) in [7, 11) is 0. The number of alkyl carbamates (subject to hydrolysis) is 1. The van der Waals surface area contributed by atoms with Crippen LogP contribution in [0, 0.1) is 0 Å². The average molecular weight is 401 g/mol. The van der Waals surface area contributed by atoms with E-state index in [0.29, 0.717) is 0 Å². The van der Waals surface area contributed by atoms with E-state index in [2.05, 4.69) is 5.32 Å². The Morgan fingerprint density at radius 1 is 1.00 bits per heavy atom. The minimum absolute atomic E-state index is 0.0621. The van der Waals surface area contributed by atoms with Gasteiger partial charge < -0.3 is 24.6 Å². The SMILES string of the molecule is C[C@@H](COc1cccc(OCc2ccccc2)c1C(=O)O)NC(=O)OC(C)(C)C. The molecule has 156 valence electrons. The molecule has 0 aliphatic rings. The molecule has 0 aliphatic heterocycles. The van der Waals surface area contributed by atoms with E-state index in [1.165, 1.54) is 0 Å². The highest BCUT2D eigenvalue weighted by Gasteiger charge is 2.21. The highest BCUT2D eigenvalue weighted by molar-refractivity contribution is 5.94. The van der Waals surface area contributed by atoms with Crippen LogP contribution in [0.3, 0.4) is 0 Å². The maximum Gasteiger partial charge on any atom is 0.407 e. The molecule has 0 spiro atoms. The Labute approximate surface area is 170 Å². The normalized spacial score (nSPS) is 12.0. The first-order valence-electron chi connectivity index (χ1n) is 9.31.